The fraction of sp³-hybridized carbons (Fsp3) is 0.300. The van der Waals surface area contributed by atoms with Gasteiger partial charge in [-0.25, -0.2) is 0 Å². The maximum Gasteiger partial charge on any atom is 0.312 e. The molecule has 4 nitrogen and oxygen atoms in total. The quantitative estimate of drug-likeness (QED) is 0.781. The molecule has 1 atom stereocenters. The number of rotatable bonds is 3. The van der Waals surface area contributed by atoms with Crippen molar-refractivity contribution >= 4 is 21.9 Å². The maximum absolute atomic E-state index is 10.9. The molecule has 1 rings (SSSR count). The molecule has 82 valence electrons. The van der Waals surface area contributed by atoms with Crippen molar-refractivity contribution in [1.82, 2.24) is 0 Å². The van der Waals surface area contributed by atoms with Crippen LogP contribution >= 0.6 is 15.9 Å². The van der Waals surface area contributed by atoms with Crippen LogP contribution in [0.5, 0.6) is 5.75 Å². The first-order valence-corrected chi connectivity index (χ1v) is 5.18. The van der Waals surface area contributed by atoms with Crippen molar-refractivity contribution in [3.8, 4) is 5.75 Å². The minimum atomic E-state index is -0.960. The standard InChI is InChI=1S/C10H12BrNO3/c1-5-2-9(13)8(11)3-6(5)7(4-12)10(14)15/h2-3,7,13H,4,12H2,1H3,(H,14,15). The predicted octanol–water partition coefficient (Wildman–Crippen LogP) is 1.59. The third kappa shape index (κ3) is 2.49. The fourth-order valence-corrected chi connectivity index (χ4v) is 1.78. The van der Waals surface area contributed by atoms with Crippen LogP contribution in [0.3, 0.4) is 0 Å². The first kappa shape index (κ1) is 12.0. The van der Waals surface area contributed by atoms with Gasteiger partial charge in [0.25, 0.3) is 0 Å². The van der Waals surface area contributed by atoms with Crippen molar-refractivity contribution < 1.29 is 15.0 Å². The van der Waals surface area contributed by atoms with Crippen molar-refractivity contribution in [3.05, 3.63) is 27.7 Å². The van der Waals surface area contributed by atoms with Gasteiger partial charge in [0, 0.05) is 6.54 Å². The summed E-state index contributed by atoms with van der Waals surface area (Å²) in [7, 11) is 0. The molecular weight excluding hydrogens is 262 g/mol. The van der Waals surface area contributed by atoms with Gasteiger partial charge in [0.05, 0.1) is 10.4 Å². The van der Waals surface area contributed by atoms with E-state index in [2.05, 4.69) is 15.9 Å². The van der Waals surface area contributed by atoms with E-state index in [1.807, 2.05) is 0 Å². The van der Waals surface area contributed by atoms with Crippen LogP contribution in [0.15, 0.2) is 16.6 Å². The van der Waals surface area contributed by atoms with Gasteiger partial charge in [-0.3, -0.25) is 4.79 Å². The van der Waals surface area contributed by atoms with Crippen LogP contribution in [0.1, 0.15) is 17.0 Å². The van der Waals surface area contributed by atoms with E-state index in [1.54, 1.807) is 13.0 Å². The van der Waals surface area contributed by atoms with E-state index in [4.69, 9.17) is 10.8 Å². The van der Waals surface area contributed by atoms with Gasteiger partial charge in [0.2, 0.25) is 0 Å². The number of phenolic OH excluding ortho intramolecular Hbond substituents is 1. The summed E-state index contributed by atoms with van der Waals surface area (Å²) in [5.74, 6) is -1.60. The number of phenols is 1. The number of halogens is 1. The number of aromatic hydroxyl groups is 1. The monoisotopic (exact) mass is 273 g/mol. The molecule has 0 saturated carbocycles. The molecule has 0 amide bonds. The summed E-state index contributed by atoms with van der Waals surface area (Å²) in [5.41, 5.74) is 6.74. The van der Waals surface area contributed by atoms with Gasteiger partial charge < -0.3 is 15.9 Å². The summed E-state index contributed by atoms with van der Waals surface area (Å²) in [5, 5.41) is 18.3. The zero-order valence-corrected chi connectivity index (χ0v) is 9.78. The molecule has 0 aliphatic heterocycles. The lowest BCUT2D eigenvalue weighted by atomic mass is 9.95. The van der Waals surface area contributed by atoms with Crippen LogP contribution in [-0.2, 0) is 4.79 Å². The Kier molecular flexibility index (Phi) is 3.71. The summed E-state index contributed by atoms with van der Waals surface area (Å²) in [6.07, 6.45) is 0. The summed E-state index contributed by atoms with van der Waals surface area (Å²) in [4.78, 5) is 10.9. The number of carboxylic acid groups (broad SMARTS) is 1. The van der Waals surface area contributed by atoms with Crippen molar-refractivity contribution in [2.24, 2.45) is 5.73 Å². The number of carbonyl (C=O) groups is 1. The molecule has 1 aromatic rings. The van der Waals surface area contributed by atoms with E-state index in [1.165, 1.54) is 6.07 Å². The summed E-state index contributed by atoms with van der Waals surface area (Å²) in [6.45, 7) is 1.78. The molecule has 5 heteroatoms. The van der Waals surface area contributed by atoms with Crippen LogP contribution in [0.4, 0.5) is 0 Å². The highest BCUT2D eigenvalue weighted by molar-refractivity contribution is 9.10. The lowest BCUT2D eigenvalue weighted by Gasteiger charge is -2.14. The zero-order valence-electron chi connectivity index (χ0n) is 8.20. The first-order valence-electron chi connectivity index (χ1n) is 4.39. The van der Waals surface area contributed by atoms with Crippen molar-refractivity contribution in [3.63, 3.8) is 0 Å². The number of aryl methyl sites for hydroxylation is 1. The highest BCUT2D eigenvalue weighted by Crippen LogP contribution is 2.30. The number of hydrogen-bond donors (Lipinski definition) is 3. The highest BCUT2D eigenvalue weighted by atomic mass is 79.9. The number of nitrogens with two attached hydrogens (primary N) is 1. The van der Waals surface area contributed by atoms with Gasteiger partial charge in [-0.15, -0.1) is 0 Å². The SMILES string of the molecule is Cc1cc(O)c(Br)cc1C(CN)C(=O)O. The predicted molar refractivity (Wildman–Crippen MR) is 60.0 cm³/mol. The maximum atomic E-state index is 10.9. The van der Waals surface area contributed by atoms with E-state index in [9.17, 15) is 9.90 Å². The van der Waals surface area contributed by atoms with Crippen LogP contribution in [0.25, 0.3) is 0 Å². The average molecular weight is 274 g/mol. The number of carboxylic acids is 1. The van der Waals surface area contributed by atoms with E-state index in [0.29, 0.717) is 15.6 Å². The molecule has 4 N–H and O–H groups in total. The van der Waals surface area contributed by atoms with Crippen LogP contribution < -0.4 is 5.73 Å². The minimum Gasteiger partial charge on any atom is -0.507 e. The molecule has 0 aliphatic carbocycles. The lowest BCUT2D eigenvalue weighted by Crippen LogP contribution is -2.21. The Morgan fingerprint density at radius 3 is 2.67 bits per heavy atom. The summed E-state index contributed by atoms with van der Waals surface area (Å²) < 4.78 is 0.475. The Hall–Kier alpha value is -1.07. The van der Waals surface area contributed by atoms with Crippen molar-refractivity contribution in [2.45, 2.75) is 12.8 Å². The largest absolute Gasteiger partial charge is 0.507 e. The van der Waals surface area contributed by atoms with E-state index >= 15 is 0 Å². The van der Waals surface area contributed by atoms with Gasteiger partial charge in [-0.1, -0.05) is 0 Å². The summed E-state index contributed by atoms with van der Waals surface area (Å²) in [6, 6.07) is 3.11. The number of aliphatic carboxylic acids is 1. The lowest BCUT2D eigenvalue weighted by molar-refractivity contribution is -0.138. The van der Waals surface area contributed by atoms with Gasteiger partial charge in [-0.2, -0.15) is 0 Å². The Labute approximate surface area is 95.8 Å². The van der Waals surface area contributed by atoms with Crippen LogP contribution in [0.2, 0.25) is 0 Å². The topological polar surface area (TPSA) is 83.5 Å². The van der Waals surface area contributed by atoms with E-state index in [0.717, 1.165) is 0 Å². The number of hydrogen-bond acceptors (Lipinski definition) is 3. The van der Waals surface area contributed by atoms with E-state index < -0.39 is 11.9 Å². The highest BCUT2D eigenvalue weighted by Gasteiger charge is 2.20. The molecular formula is C10H12BrNO3. The summed E-state index contributed by atoms with van der Waals surface area (Å²) >= 11 is 3.14. The van der Waals surface area contributed by atoms with Gasteiger partial charge in [0.1, 0.15) is 5.75 Å². The molecule has 0 fully saturated rings. The molecule has 0 aromatic heterocycles. The number of benzene rings is 1. The second kappa shape index (κ2) is 4.63. The normalized spacial score (nSPS) is 12.5. The minimum absolute atomic E-state index is 0.0351. The van der Waals surface area contributed by atoms with Gasteiger partial charge >= 0.3 is 5.97 Å². The molecule has 0 radical (unpaired) electrons. The van der Waals surface area contributed by atoms with E-state index in [-0.39, 0.29) is 12.3 Å². The Bertz CT molecular complexity index is 392. The second-order valence-electron chi connectivity index (χ2n) is 3.29. The van der Waals surface area contributed by atoms with Crippen LogP contribution in [-0.4, -0.2) is 22.7 Å². The molecule has 1 aromatic carbocycles. The molecule has 0 spiro atoms. The first-order chi connectivity index (χ1) is 6.97. The molecule has 0 saturated heterocycles. The molecule has 0 heterocycles. The Balaban J connectivity index is 3.24. The third-order valence-corrected chi connectivity index (χ3v) is 2.88. The fourth-order valence-electron chi connectivity index (χ4n) is 1.42. The average Bonchev–Trinajstić information content (AvgIpc) is 2.14. The van der Waals surface area contributed by atoms with Crippen molar-refractivity contribution in [1.29, 1.82) is 0 Å². The molecule has 1 unspecified atom stereocenters. The van der Waals surface area contributed by atoms with Crippen molar-refractivity contribution in [2.75, 3.05) is 6.54 Å². The van der Waals surface area contributed by atoms with Gasteiger partial charge in [0.15, 0.2) is 0 Å². The Morgan fingerprint density at radius 2 is 2.20 bits per heavy atom. The van der Waals surface area contributed by atoms with Gasteiger partial charge in [-0.05, 0) is 46.1 Å². The third-order valence-electron chi connectivity index (χ3n) is 2.24. The zero-order chi connectivity index (χ0) is 11.6. The molecule has 15 heavy (non-hydrogen) atoms. The second-order valence-corrected chi connectivity index (χ2v) is 4.14. The van der Waals surface area contributed by atoms with Crippen LogP contribution in [0, 0.1) is 6.92 Å². The Morgan fingerprint density at radius 1 is 1.60 bits per heavy atom. The molecule has 0 bridgehead atoms. The smallest absolute Gasteiger partial charge is 0.312 e. The molecule has 0 aliphatic rings.